The summed E-state index contributed by atoms with van der Waals surface area (Å²) >= 11 is 0. The van der Waals surface area contributed by atoms with Crippen molar-refractivity contribution in [2.24, 2.45) is 0 Å². The largest absolute Gasteiger partial charge is 0.393 e. The quantitative estimate of drug-likeness (QED) is 0.413. The molecule has 0 saturated carbocycles. The van der Waals surface area contributed by atoms with Crippen molar-refractivity contribution >= 4 is 0 Å². The number of ether oxygens (including phenoxy) is 2. The van der Waals surface area contributed by atoms with Crippen molar-refractivity contribution in [1.29, 1.82) is 0 Å². The second kappa shape index (κ2) is 16.8. The first-order valence-electron chi connectivity index (χ1n) is 8.01. The molecule has 0 aliphatic heterocycles. The van der Waals surface area contributed by atoms with Crippen molar-refractivity contribution in [2.45, 2.75) is 91.6 Å². The van der Waals surface area contributed by atoms with Crippen molar-refractivity contribution in [3.63, 3.8) is 0 Å². The van der Waals surface area contributed by atoms with Crippen molar-refractivity contribution in [2.75, 3.05) is 27.4 Å². The van der Waals surface area contributed by atoms with Gasteiger partial charge in [0.1, 0.15) is 0 Å². The molecule has 0 spiro atoms. The summed E-state index contributed by atoms with van der Waals surface area (Å²) in [5, 5.41) is 34.0. The summed E-state index contributed by atoms with van der Waals surface area (Å²) in [5.41, 5.74) is -1.72. The molecule has 0 unspecified atom stereocenters. The zero-order chi connectivity index (χ0) is 20.8. The fourth-order valence-electron chi connectivity index (χ4n) is 0.129. The summed E-state index contributed by atoms with van der Waals surface area (Å²) < 4.78 is 9.67. The predicted octanol–water partition coefficient (Wildman–Crippen LogP) is 2.36. The molecule has 0 heterocycles. The molecule has 0 saturated heterocycles. The van der Waals surface area contributed by atoms with Crippen LogP contribution < -0.4 is 0 Å². The Balaban J connectivity index is -0.0000000711. The molecule has 0 aliphatic carbocycles. The van der Waals surface area contributed by atoms with Crippen LogP contribution in [0.1, 0.15) is 69.2 Å². The van der Waals surface area contributed by atoms with Crippen LogP contribution in [0.2, 0.25) is 0 Å². The average molecular weight is 535 g/mol. The van der Waals surface area contributed by atoms with Gasteiger partial charge in [0.25, 0.3) is 0 Å². The maximum atomic E-state index is 8.52. The van der Waals surface area contributed by atoms with Crippen LogP contribution in [-0.4, -0.2) is 70.3 Å². The van der Waals surface area contributed by atoms with E-state index in [1.165, 1.54) is 0 Å². The minimum absolute atomic E-state index is 0. The molecular weight excluding hydrogens is 491 g/mol. The van der Waals surface area contributed by atoms with Crippen molar-refractivity contribution < 1.29 is 55.7 Å². The maximum Gasteiger partial charge on any atom is 0.0852 e. The third kappa shape index (κ3) is 79.1. The second-order valence-corrected chi connectivity index (χ2v) is 8.59. The van der Waals surface area contributed by atoms with E-state index in [1.54, 1.807) is 55.8 Å². The first-order valence-corrected chi connectivity index (χ1v) is 8.01. The van der Waals surface area contributed by atoms with E-state index in [2.05, 4.69) is 0 Å². The zero-order valence-corrected chi connectivity index (χ0v) is 22.1. The average Bonchev–Trinajstić information content (AvgIpc) is 2.35. The van der Waals surface area contributed by atoms with E-state index in [0.717, 1.165) is 0 Å². The fraction of sp³-hybridized carbons (Fsp3) is 1.00. The molecule has 6 nitrogen and oxygen atoms in total. The predicted molar refractivity (Wildman–Crippen MR) is 100 cm³/mol. The standard InChI is InChI=1S/2C5H12O2.2C4H10O.Hf/c2*1-5(2,4-6)7-3;2*1-4(2,3)5;/h2*6H,4H2,1-3H3;2*5H,1-3H3;. The molecule has 7 heteroatoms. The van der Waals surface area contributed by atoms with E-state index >= 15 is 0 Å². The molecule has 0 rings (SSSR count). The van der Waals surface area contributed by atoms with Gasteiger partial charge in [-0.25, -0.2) is 0 Å². The number of methoxy groups -OCH3 is 2. The molecule has 0 atom stereocenters. The third-order valence-corrected chi connectivity index (χ3v) is 1.87. The van der Waals surface area contributed by atoms with Gasteiger partial charge in [0, 0.05) is 40.1 Å². The van der Waals surface area contributed by atoms with Gasteiger partial charge < -0.3 is 29.9 Å². The minimum atomic E-state index is -0.500. The monoisotopic (exact) mass is 536 g/mol. The van der Waals surface area contributed by atoms with Crippen LogP contribution in [0.25, 0.3) is 0 Å². The Kier molecular flexibility index (Phi) is 24.5. The summed E-state index contributed by atoms with van der Waals surface area (Å²) in [6.07, 6.45) is 0. The van der Waals surface area contributed by atoms with Gasteiger partial charge in [0.2, 0.25) is 0 Å². The van der Waals surface area contributed by atoms with Gasteiger partial charge >= 0.3 is 0 Å². The van der Waals surface area contributed by atoms with Crippen molar-refractivity contribution in [3.8, 4) is 0 Å². The van der Waals surface area contributed by atoms with E-state index in [1.807, 2.05) is 27.7 Å². The number of hydrogen-bond donors (Lipinski definition) is 4. The summed E-state index contributed by atoms with van der Waals surface area (Å²) in [6, 6.07) is 0. The molecule has 0 amide bonds. The van der Waals surface area contributed by atoms with Gasteiger partial charge in [-0.15, -0.1) is 0 Å². The molecule has 0 fully saturated rings. The Bertz CT molecular complexity index is 216. The van der Waals surface area contributed by atoms with Crippen LogP contribution in [-0.2, 0) is 35.3 Å². The van der Waals surface area contributed by atoms with Gasteiger partial charge in [0.15, 0.2) is 0 Å². The number of rotatable bonds is 4. The van der Waals surface area contributed by atoms with Crippen LogP contribution in [0.3, 0.4) is 0 Å². The molecule has 0 aliphatic rings. The first-order chi connectivity index (χ1) is 10.2. The van der Waals surface area contributed by atoms with Gasteiger partial charge in [-0.05, 0) is 69.2 Å². The molecule has 0 aromatic rings. The van der Waals surface area contributed by atoms with Gasteiger partial charge in [-0.3, -0.25) is 0 Å². The summed E-state index contributed by atoms with van der Waals surface area (Å²) in [7, 11) is 3.16. The molecular formula is C18H44HfO6. The maximum absolute atomic E-state index is 8.52. The molecule has 4 N–H and O–H groups in total. The van der Waals surface area contributed by atoms with E-state index in [9.17, 15) is 0 Å². The third-order valence-electron chi connectivity index (χ3n) is 1.87. The van der Waals surface area contributed by atoms with Crippen molar-refractivity contribution in [1.82, 2.24) is 0 Å². The molecule has 0 bridgehead atoms. The Morgan fingerprint density at radius 1 is 0.560 bits per heavy atom. The Hall–Kier alpha value is 0.630. The molecule has 156 valence electrons. The fourth-order valence-corrected chi connectivity index (χ4v) is 0.129. The summed E-state index contributed by atoms with van der Waals surface area (Å²) in [6.45, 7) is 17.9. The summed E-state index contributed by atoms with van der Waals surface area (Å²) in [4.78, 5) is 0. The molecule has 25 heavy (non-hydrogen) atoms. The Labute approximate surface area is 174 Å². The van der Waals surface area contributed by atoms with Gasteiger partial charge in [-0.1, -0.05) is 0 Å². The van der Waals surface area contributed by atoms with Crippen molar-refractivity contribution in [3.05, 3.63) is 0 Å². The van der Waals surface area contributed by atoms with Crippen LogP contribution in [0.4, 0.5) is 0 Å². The molecule has 0 aromatic heterocycles. The topological polar surface area (TPSA) is 99.4 Å². The van der Waals surface area contributed by atoms with E-state index in [4.69, 9.17) is 29.9 Å². The first kappa shape index (κ1) is 36.5. The SMILES string of the molecule is CC(C)(C)O.CC(C)(C)O.COC(C)(C)CO.COC(C)(C)CO.[Hf]. The van der Waals surface area contributed by atoms with Crippen LogP contribution >= 0.6 is 0 Å². The van der Waals surface area contributed by atoms with Crippen LogP contribution in [0.5, 0.6) is 0 Å². The number of aliphatic hydroxyl groups is 4. The normalized spacial score (nSPS) is 11.5. The molecule has 0 radical (unpaired) electrons. The molecule has 0 aromatic carbocycles. The number of hydrogen-bond acceptors (Lipinski definition) is 6. The summed E-state index contributed by atoms with van der Waals surface area (Å²) in [5.74, 6) is 0. The number of aliphatic hydroxyl groups excluding tert-OH is 2. The Morgan fingerprint density at radius 3 is 0.680 bits per heavy atom. The van der Waals surface area contributed by atoms with E-state index in [-0.39, 0.29) is 50.3 Å². The minimum Gasteiger partial charge on any atom is -0.393 e. The second-order valence-electron chi connectivity index (χ2n) is 8.59. The Morgan fingerprint density at radius 2 is 0.680 bits per heavy atom. The smallest absolute Gasteiger partial charge is 0.0852 e. The van der Waals surface area contributed by atoms with Gasteiger partial charge in [0.05, 0.1) is 35.6 Å². The van der Waals surface area contributed by atoms with Crippen LogP contribution in [0.15, 0.2) is 0 Å². The van der Waals surface area contributed by atoms with Crippen LogP contribution in [0, 0.1) is 0 Å². The van der Waals surface area contributed by atoms with E-state index in [0.29, 0.717) is 0 Å². The zero-order valence-electron chi connectivity index (χ0n) is 18.5. The van der Waals surface area contributed by atoms with E-state index < -0.39 is 11.2 Å². The van der Waals surface area contributed by atoms with Gasteiger partial charge in [-0.2, -0.15) is 0 Å².